The summed E-state index contributed by atoms with van der Waals surface area (Å²) in [5, 5.41) is 9.66. The maximum atomic E-state index is 12.3. The van der Waals surface area contributed by atoms with Gasteiger partial charge in [-0.2, -0.15) is 11.8 Å². The van der Waals surface area contributed by atoms with E-state index in [9.17, 15) is 14.4 Å². The van der Waals surface area contributed by atoms with Crippen molar-refractivity contribution in [2.24, 2.45) is 5.92 Å². The van der Waals surface area contributed by atoms with E-state index in [4.69, 9.17) is 5.11 Å². The zero-order valence-electron chi connectivity index (χ0n) is 14.3. The van der Waals surface area contributed by atoms with Crippen molar-refractivity contribution in [3.63, 3.8) is 0 Å². The van der Waals surface area contributed by atoms with E-state index in [0.29, 0.717) is 54.2 Å². The molecule has 0 radical (unpaired) electrons. The Labute approximate surface area is 154 Å². The largest absolute Gasteiger partial charge is 0.481 e. The van der Waals surface area contributed by atoms with E-state index in [0.717, 1.165) is 6.42 Å². The van der Waals surface area contributed by atoms with E-state index in [1.165, 1.54) is 11.8 Å². The van der Waals surface area contributed by atoms with Crippen molar-refractivity contribution in [3.05, 3.63) is 40.4 Å². The minimum absolute atomic E-state index is 0.0107. The van der Waals surface area contributed by atoms with Gasteiger partial charge in [0.15, 0.2) is 0 Å². The van der Waals surface area contributed by atoms with Crippen molar-refractivity contribution >= 4 is 34.5 Å². The highest BCUT2D eigenvalue weighted by Gasteiger charge is 2.27. The fraction of sp³-hybridized carbons (Fsp3) is 0.444. The number of para-hydroxylation sites is 1. The van der Waals surface area contributed by atoms with Crippen molar-refractivity contribution in [1.29, 1.82) is 0 Å². The molecule has 0 aliphatic carbocycles. The van der Waals surface area contributed by atoms with Gasteiger partial charge < -0.3 is 15.0 Å². The molecule has 1 aromatic heterocycles. The van der Waals surface area contributed by atoms with Gasteiger partial charge in [-0.25, -0.2) is 4.98 Å². The van der Waals surface area contributed by atoms with Gasteiger partial charge in [0.1, 0.15) is 5.82 Å². The maximum absolute atomic E-state index is 12.3. The van der Waals surface area contributed by atoms with E-state index >= 15 is 0 Å². The van der Waals surface area contributed by atoms with Crippen LogP contribution < -0.4 is 5.56 Å². The normalized spacial score (nSPS) is 17.4. The first-order valence-corrected chi connectivity index (χ1v) is 9.76. The molecule has 138 valence electrons. The van der Waals surface area contributed by atoms with Gasteiger partial charge in [-0.15, -0.1) is 0 Å². The Hall–Kier alpha value is -2.35. The summed E-state index contributed by atoms with van der Waals surface area (Å²) in [6, 6.07) is 7.18. The maximum Gasteiger partial charge on any atom is 0.308 e. The summed E-state index contributed by atoms with van der Waals surface area (Å²) in [5.74, 6) is 0.420. The van der Waals surface area contributed by atoms with Crippen molar-refractivity contribution in [1.82, 2.24) is 14.9 Å². The highest BCUT2D eigenvalue weighted by atomic mass is 32.2. The third kappa shape index (κ3) is 4.43. The van der Waals surface area contributed by atoms with Crippen molar-refractivity contribution < 1.29 is 14.7 Å². The van der Waals surface area contributed by atoms with Crippen LogP contribution >= 0.6 is 11.8 Å². The minimum Gasteiger partial charge on any atom is -0.481 e. The van der Waals surface area contributed by atoms with E-state index < -0.39 is 11.9 Å². The number of aliphatic carboxylic acids is 1. The number of carboxylic acid groups (broad SMARTS) is 1. The molecule has 26 heavy (non-hydrogen) atoms. The molecular formula is C18H21N3O4S. The summed E-state index contributed by atoms with van der Waals surface area (Å²) in [5.41, 5.74) is 0.506. The molecule has 0 saturated carbocycles. The summed E-state index contributed by atoms with van der Waals surface area (Å²) in [7, 11) is 0. The number of aromatic amines is 1. The Balaban J connectivity index is 1.49. The molecule has 7 nitrogen and oxygen atoms in total. The topological polar surface area (TPSA) is 103 Å². The number of carboxylic acids is 1. The first kappa shape index (κ1) is 18.4. The standard InChI is InChI=1S/C18H21N3O4S/c22-16(21-8-3-4-12(10-21)18(24)25)7-9-26-11-15-19-14-6-2-1-5-13(14)17(23)20-15/h1-2,5-6,12H,3-4,7-11H2,(H,24,25)(H,19,20,23)/t12-/m0/s1. The second kappa shape index (κ2) is 8.35. The highest BCUT2D eigenvalue weighted by molar-refractivity contribution is 7.98. The van der Waals surface area contributed by atoms with Gasteiger partial charge in [0.2, 0.25) is 5.91 Å². The predicted octanol–water partition coefficient (Wildman–Crippen LogP) is 1.87. The fourth-order valence-electron chi connectivity index (χ4n) is 3.09. The lowest BCUT2D eigenvalue weighted by Crippen LogP contribution is -2.42. The molecule has 1 aromatic carbocycles. The number of carbonyl (C=O) groups is 2. The van der Waals surface area contributed by atoms with Gasteiger partial charge in [0.25, 0.3) is 5.56 Å². The lowest BCUT2D eigenvalue weighted by atomic mass is 9.98. The number of thioether (sulfide) groups is 1. The number of hydrogen-bond acceptors (Lipinski definition) is 5. The highest BCUT2D eigenvalue weighted by Crippen LogP contribution is 2.18. The molecule has 0 bridgehead atoms. The van der Waals surface area contributed by atoms with Crippen LogP contribution in [0.3, 0.4) is 0 Å². The van der Waals surface area contributed by atoms with E-state index in [1.807, 2.05) is 6.07 Å². The van der Waals surface area contributed by atoms with Crippen LogP contribution in [-0.2, 0) is 15.3 Å². The first-order valence-electron chi connectivity index (χ1n) is 8.61. The molecular weight excluding hydrogens is 354 g/mol. The monoisotopic (exact) mass is 375 g/mol. The second-order valence-electron chi connectivity index (χ2n) is 6.35. The van der Waals surface area contributed by atoms with Gasteiger partial charge in [-0.05, 0) is 25.0 Å². The van der Waals surface area contributed by atoms with E-state index in [2.05, 4.69) is 9.97 Å². The smallest absolute Gasteiger partial charge is 0.308 e. The average molecular weight is 375 g/mol. The molecule has 1 saturated heterocycles. The number of H-pyrrole nitrogens is 1. The Morgan fingerprint density at radius 1 is 1.35 bits per heavy atom. The third-order valence-electron chi connectivity index (χ3n) is 4.48. The van der Waals surface area contributed by atoms with Crippen LogP contribution in [0.1, 0.15) is 25.1 Å². The summed E-state index contributed by atoms with van der Waals surface area (Å²) >= 11 is 1.53. The number of likely N-dealkylation sites (tertiary alicyclic amines) is 1. The zero-order valence-corrected chi connectivity index (χ0v) is 15.1. The summed E-state index contributed by atoms with van der Waals surface area (Å²) in [6.45, 7) is 0.936. The van der Waals surface area contributed by atoms with Gasteiger partial charge in [-0.3, -0.25) is 14.4 Å². The molecule has 8 heteroatoms. The minimum atomic E-state index is -0.830. The first-order chi connectivity index (χ1) is 12.5. The Morgan fingerprint density at radius 2 is 2.15 bits per heavy atom. The van der Waals surface area contributed by atoms with Crippen LogP contribution in [0.15, 0.2) is 29.1 Å². The number of nitrogens with zero attached hydrogens (tertiary/aromatic N) is 2. The summed E-state index contributed by atoms with van der Waals surface area (Å²) < 4.78 is 0. The Morgan fingerprint density at radius 3 is 2.96 bits per heavy atom. The molecule has 0 unspecified atom stereocenters. The number of nitrogens with one attached hydrogen (secondary N) is 1. The lowest BCUT2D eigenvalue weighted by Gasteiger charge is -2.30. The molecule has 2 aromatic rings. The summed E-state index contributed by atoms with van der Waals surface area (Å²) in [4.78, 5) is 44.2. The second-order valence-corrected chi connectivity index (χ2v) is 7.45. The molecule has 0 spiro atoms. The zero-order chi connectivity index (χ0) is 18.5. The molecule has 2 N–H and O–H groups in total. The van der Waals surface area contributed by atoms with Crippen molar-refractivity contribution in [2.45, 2.75) is 25.0 Å². The average Bonchev–Trinajstić information content (AvgIpc) is 2.65. The number of benzene rings is 1. The van der Waals surface area contributed by atoms with Gasteiger partial charge in [0.05, 0.1) is 22.6 Å². The van der Waals surface area contributed by atoms with Crippen LogP contribution in [0.5, 0.6) is 0 Å². The number of carbonyl (C=O) groups excluding carboxylic acids is 1. The number of piperidine rings is 1. The number of rotatable bonds is 6. The van der Waals surface area contributed by atoms with Crippen molar-refractivity contribution in [2.75, 3.05) is 18.8 Å². The SMILES string of the molecule is O=C(O)[C@H]1CCCN(C(=O)CCSCc2nc3ccccc3c(=O)[nH]2)C1. The molecule has 1 aliphatic heterocycles. The molecule has 1 fully saturated rings. The number of hydrogen-bond donors (Lipinski definition) is 2. The van der Waals surface area contributed by atoms with Crippen LogP contribution in [0.25, 0.3) is 10.9 Å². The van der Waals surface area contributed by atoms with Crippen LogP contribution in [-0.4, -0.2) is 50.7 Å². The van der Waals surface area contributed by atoms with Crippen LogP contribution in [0.2, 0.25) is 0 Å². The van der Waals surface area contributed by atoms with E-state index in [1.54, 1.807) is 23.1 Å². The van der Waals surface area contributed by atoms with Crippen LogP contribution in [0, 0.1) is 5.92 Å². The van der Waals surface area contributed by atoms with Gasteiger partial charge >= 0.3 is 5.97 Å². The lowest BCUT2D eigenvalue weighted by molar-refractivity contribution is -0.145. The quantitative estimate of drug-likeness (QED) is 0.747. The third-order valence-corrected chi connectivity index (χ3v) is 5.45. The molecule has 1 atom stereocenters. The summed E-state index contributed by atoms with van der Waals surface area (Å²) in [6.07, 6.45) is 1.72. The Bertz CT molecular complexity index is 867. The molecule has 3 rings (SSSR count). The molecule has 1 aliphatic rings. The predicted molar refractivity (Wildman–Crippen MR) is 100 cm³/mol. The molecule has 1 amide bonds. The van der Waals surface area contributed by atoms with Crippen LogP contribution in [0.4, 0.5) is 0 Å². The number of aromatic nitrogens is 2. The Kier molecular flexibility index (Phi) is 5.92. The fourth-order valence-corrected chi connectivity index (χ4v) is 3.89. The van der Waals surface area contributed by atoms with Gasteiger partial charge in [0, 0.05) is 25.3 Å². The van der Waals surface area contributed by atoms with Crippen molar-refractivity contribution in [3.8, 4) is 0 Å². The molecule has 2 heterocycles. The van der Waals surface area contributed by atoms with E-state index in [-0.39, 0.29) is 11.5 Å². The number of amides is 1. The van der Waals surface area contributed by atoms with Gasteiger partial charge in [-0.1, -0.05) is 12.1 Å². The number of fused-ring (bicyclic) bond motifs is 1.